The molecule has 2 fully saturated rings. The van der Waals surface area contributed by atoms with Crippen molar-refractivity contribution in [2.75, 3.05) is 53.0 Å². The van der Waals surface area contributed by atoms with Crippen molar-refractivity contribution in [3.8, 4) is 12.1 Å². The number of hydrogen-bond acceptors (Lipinski definition) is 9. The third-order valence-electron chi connectivity index (χ3n) is 8.64. The molecular formula is C31H36F6N4O5S2. The van der Waals surface area contributed by atoms with Gasteiger partial charge in [0.15, 0.2) is 0 Å². The first-order valence-corrected chi connectivity index (χ1v) is 18.0. The zero-order valence-corrected chi connectivity index (χ0v) is 27.9. The van der Waals surface area contributed by atoms with E-state index in [1.807, 2.05) is 6.92 Å². The van der Waals surface area contributed by atoms with Gasteiger partial charge in [0.05, 0.1) is 27.5 Å². The minimum Gasteiger partial charge on any atom is -0.383 e. The number of alkyl halides is 6. The zero-order valence-electron chi connectivity index (χ0n) is 26.3. The van der Waals surface area contributed by atoms with Gasteiger partial charge in [0.2, 0.25) is 0 Å². The van der Waals surface area contributed by atoms with Crippen molar-refractivity contribution in [3.05, 3.63) is 58.7 Å². The van der Waals surface area contributed by atoms with Gasteiger partial charge < -0.3 is 14.5 Å². The smallest absolute Gasteiger partial charge is 0.383 e. The van der Waals surface area contributed by atoms with Crippen LogP contribution in [0.4, 0.5) is 26.3 Å². The van der Waals surface area contributed by atoms with Gasteiger partial charge in [-0.3, -0.25) is 0 Å². The van der Waals surface area contributed by atoms with Crippen LogP contribution in [0.5, 0.6) is 0 Å². The Bertz CT molecular complexity index is 1720. The summed E-state index contributed by atoms with van der Waals surface area (Å²) in [7, 11) is -9.47. The summed E-state index contributed by atoms with van der Waals surface area (Å²) in [5.41, 5.74) is -10.8. The molecule has 2 aliphatic heterocycles. The quantitative estimate of drug-likeness (QED) is 0.314. The zero-order chi connectivity index (χ0) is 35.9. The minimum atomic E-state index is -5.55. The lowest BCUT2D eigenvalue weighted by Crippen LogP contribution is -2.35. The summed E-state index contributed by atoms with van der Waals surface area (Å²) < 4.78 is 129. The van der Waals surface area contributed by atoms with Gasteiger partial charge >= 0.3 is 11.0 Å². The van der Waals surface area contributed by atoms with E-state index in [2.05, 4.69) is 9.80 Å². The molecule has 2 saturated heterocycles. The van der Waals surface area contributed by atoms with Crippen LogP contribution in [-0.2, 0) is 24.4 Å². The topological polar surface area (TPSA) is 132 Å². The standard InChI is InChI=1S/C16H19F3N2O3S.C15H17F3N2O2S/c1-24-10-9-21-7-5-12(6-8-21)13-3-2-4-15(14(13)11-20)25(22,23)16(17,18)19;1-2-20-8-6-11(7-9-20)12-4-3-5-14(13(12)10-19)23(21,22)15(16,17)18/h2-4,12H,5-10H2,1H3;3-5,11H,2,6-9H2,1H3. The lowest BCUT2D eigenvalue weighted by atomic mass is 9.87. The minimum absolute atomic E-state index is 0.101. The Morgan fingerprint density at radius 1 is 0.729 bits per heavy atom. The van der Waals surface area contributed by atoms with Crippen molar-refractivity contribution < 1.29 is 47.9 Å². The molecule has 0 aliphatic carbocycles. The maximum absolute atomic E-state index is 12.9. The molecule has 2 aromatic carbocycles. The van der Waals surface area contributed by atoms with Crippen molar-refractivity contribution in [1.29, 1.82) is 10.5 Å². The normalized spacial score (nSPS) is 17.6. The van der Waals surface area contributed by atoms with Gasteiger partial charge in [-0.2, -0.15) is 36.9 Å². The molecule has 0 bridgehead atoms. The summed E-state index contributed by atoms with van der Waals surface area (Å²) in [6.45, 7) is 7.26. The fourth-order valence-corrected chi connectivity index (χ4v) is 7.84. The van der Waals surface area contributed by atoms with E-state index in [0.717, 1.165) is 51.4 Å². The van der Waals surface area contributed by atoms with Crippen molar-refractivity contribution in [3.63, 3.8) is 0 Å². The molecule has 0 unspecified atom stereocenters. The first-order valence-electron chi connectivity index (χ1n) is 15.1. The summed E-state index contributed by atoms with van der Waals surface area (Å²) in [6, 6.07) is 10.7. The number of halogens is 6. The van der Waals surface area contributed by atoms with E-state index in [0.29, 0.717) is 43.4 Å². The van der Waals surface area contributed by atoms with Crippen LogP contribution in [-0.4, -0.2) is 90.6 Å². The number of hydrogen-bond donors (Lipinski definition) is 0. The van der Waals surface area contributed by atoms with Gasteiger partial charge in [-0.05, 0) is 93.5 Å². The number of methoxy groups -OCH3 is 1. The molecule has 2 aromatic rings. The molecule has 0 saturated carbocycles. The number of benzene rings is 2. The molecule has 9 nitrogen and oxygen atoms in total. The third-order valence-corrected chi connectivity index (χ3v) is 11.7. The molecule has 17 heteroatoms. The maximum atomic E-state index is 12.9. The Kier molecular flexibility index (Phi) is 13.1. The van der Waals surface area contributed by atoms with Gasteiger partial charge in [0, 0.05) is 13.7 Å². The fraction of sp³-hybridized carbons (Fsp3) is 0.548. The number of nitriles is 2. The second-order valence-corrected chi connectivity index (χ2v) is 15.2. The van der Waals surface area contributed by atoms with E-state index >= 15 is 0 Å². The molecule has 0 aromatic heterocycles. The highest BCUT2D eigenvalue weighted by atomic mass is 32.2. The van der Waals surface area contributed by atoms with Crippen molar-refractivity contribution in [2.24, 2.45) is 0 Å². The predicted octanol–water partition coefficient (Wildman–Crippen LogP) is 5.73. The monoisotopic (exact) mass is 722 g/mol. The number of nitrogens with zero attached hydrogens (tertiary/aromatic N) is 4. The van der Waals surface area contributed by atoms with E-state index in [1.165, 1.54) is 12.1 Å². The number of sulfone groups is 2. The Morgan fingerprint density at radius 2 is 1.10 bits per heavy atom. The molecular weight excluding hydrogens is 686 g/mol. The highest BCUT2D eigenvalue weighted by molar-refractivity contribution is 7.92. The summed E-state index contributed by atoms with van der Waals surface area (Å²) in [6.07, 6.45) is 2.68. The summed E-state index contributed by atoms with van der Waals surface area (Å²) in [5.74, 6) is -0.243. The third kappa shape index (κ3) is 8.67. The van der Waals surface area contributed by atoms with Crippen molar-refractivity contribution in [1.82, 2.24) is 9.80 Å². The largest absolute Gasteiger partial charge is 0.501 e. The van der Waals surface area contributed by atoms with Gasteiger partial charge in [-0.25, -0.2) is 16.8 Å². The van der Waals surface area contributed by atoms with Crippen LogP contribution in [0, 0.1) is 22.7 Å². The van der Waals surface area contributed by atoms with Crippen LogP contribution in [0.15, 0.2) is 46.2 Å². The predicted molar refractivity (Wildman–Crippen MR) is 163 cm³/mol. The second-order valence-electron chi connectivity index (χ2n) is 11.4. The van der Waals surface area contributed by atoms with Crippen LogP contribution < -0.4 is 0 Å². The Hall–Kier alpha value is -3.22. The summed E-state index contributed by atoms with van der Waals surface area (Å²) in [4.78, 5) is 2.48. The molecule has 4 rings (SSSR count). The molecule has 0 radical (unpaired) electrons. The van der Waals surface area contributed by atoms with Crippen molar-refractivity contribution >= 4 is 19.7 Å². The molecule has 2 aliphatic rings. The number of likely N-dealkylation sites (tertiary alicyclic amines) is 2. The SMILES string of the molecule is CCN1CCC(c2cccc(S(=O)(=O)C(F)(F)F)c2C#N)CC1.COCCN1CCC(c2cccc(S(=O)(=O)C(F)(F)F)c2C#N)CC1. The first kappa shape index (κ1) is 39.2. The maximum Gasteiger partial charge on any atom is 0.501 e. The van der Waals surface area contributed by atoms with Crippen LogP contribution in [0.2, 0.25) is 0 Å². The Labute approximate surface area is 276 Å². The highest BCUT2D eigenvalue weighted by Gasteiger charge is 2.49. The Morgan fingerprint density at radius 3 is 1.42 bits per heavy atom. The molecule has 48 heavy (non-hydrogen) atoms. The van der Waals surface area contributed by atoms with E-state index in [4.69, 9.17) is 4.74 Å². The average molecular weight is 723 g/mol. The number of piperidine rings is 2. The Balaban J connectivity index is 0.000000261. The van der Waals surface area contributed by atoms with Crippen molar-refractivity contribution in [2.45, 2.75) is 65.3 Å². The molecule has 0 spiro atoms. The van der Waals surface area contributed by atoms with Crippen LogP contribution in [0.25, 0.3) is 0 Å². The van der Waals surface area contributed by atoms with E-state index in [-0.39, 0.29) is 17.4 Å². The first-order chi connectivity index (χ1) is 22.4. The van der Waals surface area contributed by atoms with E-state index in [1.54, 1.807) is 31.4 Å². The molecule has 0 amide bonds. The fourth-order valence-electron chi connectivity index (χ4n) is 5.96. The summed E-state index contributed by atoms with van der Waals surface area (Å²) >= 11 is 0. The van der Waals surface area contributed by atoms with Gasteiger partial charge in [0.1, 0.15) is 12.1 Å². The molecule has 0 N–H and O–H groups in total. The van der Waals surface area contributed by atoms with Crippen LogP contribution >= 0.6 is 0 Å². The van der Waals surface area contributed by atoms with Crippen LogP contribution in [0.1, 0.15) is 66.7 Å². The number of rotatable bonds is 8. The highest BCUT2D eigenvalue weighted by Crippen LogP contribution is 2.39. The molecule has 264 valence electrons. The molecule has 0 atom stereocenters. The van der Waals surface area contributed by atoms with E-state index in [9.17, 15) is 53.7 Å². The number of ether oxygens (including phenoxy) is 1. The van der Waals surface area contributed by atoms with E-state index < -0.39 is 46.0 Å². The van der Waals surface area contributed by atoms with Gasteiger partial charge in [-0.15, -0.1) is 0 Å². The lowest BCUT2D eigenvalue weighted by molar-refractivity contribution is -0.0442. The molecule has 2 heterocycles. The average Bonchev–Trinajstić information content (AvgIpc) is 3.06. The van der Waals surface area contributed by atoms with Gasteiger partial charge in [0.25, 0.3) is 19.7 Å². The van der Waals surface area contributed by atoms with Crippen LogP contribution in [0.3, 0.4) is 0 Å². The second kappa shape index (κ2) is 16.0. The lowest BCUT2D eigenvalue weighted by Gasteiger charge is -2.32. The summed E-state index contributed by atoms with van der Waals surface area (Å²) in [5, 5.41) is 18.6. The van der Waals surface area contributed by atoms with Gasteiger partial charge in [-0.1, -0.05) is 31.2 Å².